The maximum atomic E-state index is 12.2. The van der Waals surface area contributed by atoms with Crippen LogP contribution in [0, 0.1) is 13.8 Å². The van der Waals surface area contributed by atoms with Gasteiger partial charge in [-0.3, -0.25) is 4.79 Å². The molecule has 0 bridgehead atoms. The second-order valence-electron chi connectivity index (χ2n) is 6.89. The van der Waals surface area contributed by atoms with Crippen molar-refractivity contribution in [1.82, 2.24) is 0 Å². The molecule has 0 amide bonds. The summed E-state index contributed by atoms with van der Waals surface area (Å²) < 4.78 is 22.3. The van der Waals surface area contributed by atoms with Gasteiger partial charge in [0, 0.05) is 12.0 Å². The van der Waals surface area contributed by atoms with Gasteiger partial charge in [0.1, 0.15) is 11.5 Å². The van der Waals surface area contributed by atoms with Gasteiger partial charge in [0.05, 0.1) is 0 Å². The number of hydrogen-bond donors (Lipinski definition) is 0. The molecule has 30 heavy (non-hydrogen) atoms. The third-order valence-electron chi connectivity index (χ3n) is 4.29. The van der Waals surface area contributed by atoms with Crippen molar-refractivity contribution in [2.75, 3.05) is 0 Å². The quantitative estimate of drug-likeness (QED) is 0.309. The average Bonchev–Trinajstić information content (AvgIpc) is 2.66. The first kappa shape index (κ1) is 24.4. The molecule has 0 spiro atoms. The van der Waals surface area contributed by atoms with Crippen LogP contribution in [0.25, 0.3) is 0 Å². The molecule has 0 saturated heterocycles. The van der Waals surface area contributed by atoms with Crippen LogP contribution in [0.5, 0.6) is 11.5 Å². The molecule has 0 N–H and O–H groups in total. The summed E-state index contributed by atoms with van der Waals surface area (Å²) in [5.41, 5.74) is 3.39. The summed E-state index contributed by atoms with van der Waals surface area (Å²) in [4.78, 5) is 24.4. The fourth-order valence-corrected chi connectivity index (χ4v) is 3.79. The molecule has 0 radical (unpaired) electrons. The van der Waals surface area contributed by atoms with Crippen LogP contribution in [0.1, 0.15) is 33.5 Å². The monoisotopic (exact) mass is 432 g/mol. The molecular weight excluding hydrogens is 410 g/mol. The van der Waals surface area contributed by atoms with Crippen LogP contribution in [0.2, 0.25) is 0 Å². The molecule has 5 nitrogen and oxygen atoms in total. The van der Waals surface area contributed by atoms with Gasteiger partial charge < -0.3 is 13.9 Å². The fraction of sp³-hybridized carbons (Fsp3) is 0.174. The van der Waals surface area contributed by atoms with Gasteiger partial charge in [0.15, 0.2) is 5.78 Å². The Balaban J connectivity index is 0.00000320. The van der Waals surface area contributed by atoms with E-state index in [2.05, 4.69) is 0 Å². The van der Waals surface area contributed by atoms with E-state index in [4.69, 9.17) is 9.05 Å². The van der Waals surface area contributed by atoms with Crippen LogP contribution >= 0.6 is 7.82 Å². The summed E-state index contributed by atoms with van der Waals surface area (Å²) in [7, 11) is -4.57. The predicted molar refractivity (Wildman–Crippen MR) is 110 cm³/mol. The molecule has 0 aliphatic rings. The molecule has 1 unspecified atom stereocenters. The van der Waals surface area contributed by atoms with E-state index in [0.29, 0.717) is 18.4 Å². The Morgan fingerprint density at radius 2 is 1.43 bits per heavy atom. The molecule has 0 aromatic heterocycles. The minimum Gasteiger partial charge on any atom is -0.736 e. The van der Waals surface area contributed by atoms with Crippen molar-refractivity contribution in [2.45, 2.75) is 26.7 Å². The number of carbonyl (C=O) groups excluding carboxylic acids is 1. The molecule has 0 aliphatic heterocycles. The summed E-state index contributed by atoms with van der Waals surface area (Å²) in [6, 6.07) is 20.9. The van der Waals surface area contributed by atoms with Crippen molar-refractivity contribution >= 4 is 13.6 Å². The standard InChI is InChI=1S/C23H23O5P.Na/c1-17-14-18(2)16-22(15-17)28-29(25,26)27-21-11-8-19(9-12-21)10-13-23(24)20-6-4-3-5-7-20;/h3-9,11-12,14-16H,10,13H2,1-2H3,(H,25,26);/q;+1/p-1. The molecule has 150 valence electrons. The maximum absolute atomic E-state index is 12.2. The number of benzene rings is 3. The molecule has 0 heterocycles. The zero-order valence-electron chi connectivity index (χ0n) is 17.3. The van der Waals surface area contributed by atoms with Gasteiger partial charge in [0.25, 0.3) is 0 Å². The van der Waals surface area contributed by atoms with E-state index in [1.54, 1.807) is 48.5 Å². The zero-order valence-corrected chi connectivity index (χ0v) is 20.2. The van der Waals surface area contributed by atoms with E-state index in [-0.39, 0.29) is 46.8 Å². The van der Waals surface area contributed by atoms with Crippen molar-refractivity contribution in [3.63, 3.8) is 0 Å². The minimum atomic E-state index is -4.57. The fourth-order valence-electron chi connectivity index (χ4n) is 3.01. The van der Waals surface area contributed by atoms with E-state index in [9.17, 15) is 14.3 Å². The van der Waals surface area contributed by atoms with Crippen LogP contribution in [0.15, 0.2) is 72.8 Å². The van der Waals surface area contributed by atoms with E-state index in [1.165, 1.54) is 0 Å². The molecule has 3 rings (SSSR count). The number of hydrogen-bond acceptors (Lipinski definition) is 5. The number of aryl methyl sites for hydroxylation is 3. The molecule has 0 aliphatic carbocycles. The second-order valence-corrected chi connectivity index (χ2v) is 8.15. The molecule has 0 fully saturated rings. The average molecular weight is 432 g/mol. The smallest absolute Gasteiger partial charge is 0.736 e. The number of carbonyl (C=O) groups is 1. The topological polar surface area (TPSA) is 75.7 Å². The van der Waals surface area contributed by atoms with Gasteiger partial charge in [-0.05, 0) is 61.2 Å². The molecule has 3 aromatic rings. The van der Waals surface area contributed by atoms with E-state index in [1.807, 2.05) is 38.1 Å². The number of ketones is 1. The van der Waals surface area contributed by atoms with Gasteiger partial charge >= 0.3 is 37.4 Å². The van der Waals surface area contributed by atoms with Crippen LogP contribution in [-0.2, 0) is 11.0 Å². The molecular formula is C23H22NaO5P. The number of phosphoric ester groups is 1. The third-order valence-corrected chi connectivity index (χ3v) is 5.16. The second kappa shape index (κ2) is 10.9. The van der Waals surface area contributed by atoms with Gasteiger partial charge in [-0.15, -0.1) is 0 Å². The van der Waals surface area contributed by atoms with Crippen LogP contribution in [-0.4, -0.2) is 5.78 Å². The van der Waals surface area contributed by atoms with Gasteiger partial charge in [-0.2, -0.15) is 0 Å². The summed E-state index contributed by atoms with van der Waals surface area (Å²) in [5.74, 6) is 0.444. The largest absolute Gasteiger partial charge is 1.00 e. The van der Waals surface area contributed by atoms with Crippen molar-refractivity contribution in [1.29, 1.82) is 0 Å². The third kappa shape index (κ3) is 7.42. The van der Waals surface area contributed by atoms with Crippen LogP contribution in [0.3, 0.4) is 0 Å². The summed E-state index contributed by atoms with van der Waals surface area (Å²) >= 11 is 0. The number of rotatable bonds is 8. The Kier molecular flexibility index (Phi) is 8.90. The van der Waals surface area contributed by atoms with Crippen LogP contribution in [0.4, 0.5) is 0 Å². The molecule has 0 saturated carbocycles. The normalized spacial score (nSPS) is 12.4. The Bertz CT molecular complexity index is 1010. The Hall–Kier alpha value is -1.88. The first-order valence-corrected chi connectivity index (χ1v) is 10.7. The first-order chi connectivity index (χ1) is 13.8. The van der Waals surface area contributed by atoms with E-state index < -0.39 is 7.82 Å². The van der Waals surface area contributed by atoms with Gasteiger partial charge in [-0.25, -0.2) is 4.57 Å². The zero-order chi connectivity index (χ0) is 20.9. The minimum absolute atomic E-state index is 0. The summed E-state index contributed by atoms with van der Waals surface area (Å²) in [6.45, 7) is 3.72. The SMILES string of the molecule is Cc1cc(C)cc(OP(=O)([O-])Oc2ccc(CCC(=O)c3ccccc3)cc2)c1.[Na+]. The Morgan fingerprint density at radius 3 is 2.03 bits per heavy atom. The first-order valence-electron chi connectivity index (χ1n) is 9.26. The Morgan fingerprint density at radius 1 is 0.867 bits per heavy atom. The maximum Gasteiger partial charge on any atom is 1.00 e. The summed E-state index contributed by atoms with van der Waals surface area (Å²) in [6.07, 6.45) is 0.933. The van der Waals surface area contributed by atoms with Crippen molar-refractivity contribution < 1.29 is 52.9 Å². The van der Waals surface area contributed by atoms with Crippen molar-refractivity contribution in [3.05, 3.63) is 95.1 Å². The molecule has 3 aromatic carbocycles. The Labute approximate surface area is 199 Å². The van der Waals surface area contributed by atoms with Crippen LogP contribution < -0.4 is 43.5 Å². The predicted octanol–water partition coefficient (Wildman–Crippen LogP) is 2.05. The molecule has 7 heteroatoms. The van der Waals surface area contributed by atoms with Gasteiger partial charge in [-0.1, -0.05) is 48.5 Å². The number of Topliss-reactive ketones (excluding diaryl/α,β-unsaturated/α-hetero) is 1. The number of phosphoric acid groups is 1. The van der Waals surface area contributed by atoms with Crippen molar-refractivity contribution in [2.24, 2.45) is 0 Å². The summed E-state index contributed by atoms with van der Waals surface area (Å²) in [5, 5.41) is 0. The van der Waals surface area contributed by atoms with Crippen molar-refractivity contribution in [3.8, 4) is 11.5 Å². The van der Waals surface area contributed by atoms with E-state index >= 15 is 0 Å². The molecule has 1 atom stereocenters. The van der Waals surface area contributed by atoms with Gasteiger partial charge in [0.2, 0.25) is 0 Å². The van der Waals surface area contributed by atoms with E-state index in [0.717, 1.165) is 16.7 Å².